The predicted molar refractivity (Wildman–Crippen MR) is 159 cm³/mol. The van der Waals surface area contributed by atoms with Crippen molar-refractivity contribution in [2.24, 2.45) is 17.8 Å². The Morgan fingerprint density at radius 1 is 0.953 bits per heavy atom. The third-order valence-corrected chi connectivity index (χ3v) is 8.68. The molecule has 4 amide bonds. The van der Waals surface area contributed by atoms with Gasteiger partial charge in [0.05, 0.1) is 22.9 Å². The number of hydrogen-bond acceptors (Lipinski definition) is 6. The summed E-state index contributed by atoms with van der Waals surface area (Å²) in [5, 5.41) is 16.6. The summed E-state index contributed by atoms with van der Waals surface area (Å²) in [6, 6.07) is 17.2. The summed E-state index contributed by atoms with van der Waals surface area (Å²) in [5.74, 6) is -5.45. The van der Waals surface area contributed by atoms with Gasteiger partial charge in [0.15, 0.2) is 0 Å². The lowest BCUT2D eigenvalue weighted by Crippen LogP contribution is -2.52. The fourth-order valence-electron chi connectivity index (χ4n) is 6.46. The van der Waals surface area contributed by atoms with E-state index in [-0.39, 0.29) is 42.5 Å². The van der Waals surface area contributed by atoms with E-state index in [0.717, 1.165) is 35.1 Å². The van der Waals surface area contributed by atoms with Crippen molar-refractivity contribution in [2.75, 3.05) is 13.6 Å². The van der Waals surface area contributed by atoms with E-state index in [9.17, 15) is 29.1 Å². The second-order valence-corrected chi connectivity index (χ2v) is 11.4. The fourth-order valence-corrected chi connectivity index (χ4v) is 6.46. The molecule has 3 atom stereocenters. The zero-order chi connectivity index (χ0) is 30.5. The number of carbonyl (C=O) groups is 5. The van der Waals surface area contributed by atoms with Crippen LogP contribution < -0.4 is 10.6 Å². The highest BCUT2D eigenvalue weighted by Crippen LogP contribution is 2.37. The predicted octanol–water partition coefficient (Wildman–Crippen LogP) is 3.59. The van der Waals surface area contributed by atoms with Crippen LogP contribution in [0.3, 0.4) is 0 Å². The molecule has 0 spiro atoms. The standard InChI is InChI=1S/C33H36N4O6/c1-34-29(38)26(18-20-10-4-2-5-11-20)36-30(39)27(21-12-6-3-7-13-21)23(33(42)43)16-17-37-31(40)24-19-22-14-8-9-15-25(22)35-28(24)32(37)41/h2,4-5,8-11,14-15,19,21,23,26-27H,3,6-7,12-13,16-18H2,1H3,(H,34,38)(H,36,39)(H,42,43). The first-order chi connectivity index (χ1) is 20.8. The molecule has 10 nitrogen and oxygen atoms in total. The van der Waals surface area contributed by atoms with E-state index in [2.05, 4.69) is 15.6 Å². The van der Waals surface area contributed by atoms with E-state index >= 15 is 0 Å². The number of nitrogens with zero attached hydrogens (tertiary/aromatic N) is 2. The number of rotatable bonds is 11. The number of carboxylic acid groups (broad SMARTS) is 1. The molecule has 3 unspecified atom stereocenters. The third-order valence-electron chi connectivity index (χ3n) is 8.68. The zero-order valence-electron chi connectivity index (χ0n) is 24.1. The molecule has 3 aromatic rings. The van der Waals surface area contributed by atoms with Gasteiger partial charge in [-0.1, -0.05) is 67.8 Å². The van der Waals surface area contributed by atoms with Crippen molar-refractivity contribution in [2.45, 2.75) is 51.0 Å². The van der Waals surface area contributed by atoms with Crippen LogP contribution in [-0.4, -0.2) is 64.2 Å². The van der Waals surface area contributed by atoms with Crippen molar-refractivity contribution in [1.29, 1.82) is 0 Å². The number of imide groups is 1. The molecule has 2 aromatic carbocycles. The summed E-state index contributed by atoms with van der Waals surface area (Å²) in [6.45, 7) is -0.166. The van der Waals surface area contributed by atoms with Crippen LogP contribution >= 0.6 is 0 Å². The molecule has 0 bridgehead atoms. The minimum atomic E-state index is -1.18. The van der Waals surface area contributed by atoms with Crippen molar-refractivity contribution < 1.29 is 29.1 Å². The molecule has 2 aliphatic rings. The van der Waals surface area contributed by atoms with E-state index in [1.54, 1.807) is 24.3 Å². The number of pyridine rings is 1. The molecular weight excluding hydrogens is 548 g/mol. The summed E-state index contributed by atoms with van der Waals surface area (Å²) >= 11 is 0. The Morgan fingerprint density at radius 2 is 1.65 bits per heavy atom. The molecule has 3 N–H and O–H groups in total. The average Bonchev–Trinajstić information content (AvgIpc) is 3.25. The lowest BCUT2D eigenvalue weighted by molar-refractivity contribution is -0.150. The summed E-state index contributed by atoms with van der Waals surface area (Å²) < 4.78 is 0. The lowest BCUT2D eigenvalue weighted by Gasteiger charge is -2.34. The van der Waals surface area contributed by atoms with Gasteiger partial charge < -0.3 is 15.7 Å². The summed E-state index contributed by atoms with van der Waals surface area (Å²) in [5.41, 5.74) is 1.67. The molecule has 1 saturated carbocycles. The van der Waals surface area contributed by atoms with Crippen molar-refractivity contribution in [3.8, 4) is 0 Å². The number of aliphatic carboxylic acids is 1. The maximum absolute atomic E-state index is 13.9. The van der Waals surface area contributed by atoms with E-state index in [4.69, 9.17) is 0 Å². The molecule has 43 heavy (non-hydrogen) atoms. The first-order valence-electron chi connectivity index (χ1n) is 14.8. The number of nitrogens with one attached hydrogen (secondary N) is 2. The summed E-state index contributed by atoms with van der Waals surface area (Å²) in [7, 11) is 1.49. The van der Waals surface area contributed by atoms with E-state index in [1.807, 2.05) is 36.4 Å². The SMILES string of the molecule is CNC(=O)C(Cc1ccccc1)NC(=O)C(C1CCCCC1)C(CCN1C(=O)c2cc3ccccc3nc2C1=O)C(=O)O. The van der Waals surface area contributed by atoms with Crippen molar-refractivity contribution in [3.05, 3.63) is 77.5 Å². The topological polar surface area (TPSA) is 146 Å². The van der Waals surface area contributed by atoms with Gasteiger partial charge in [-0.15, -0.1) is 0 Å². The number of likely N-dealkylation sites (N-methyl/N-ethyl adjacent to an activating group) is 1. The normalized spacial score (nSPS) is 17.3. The second kappa shape index (κ2) is 13.1. The number of para-hydroxylation sites is 1. The van der Waals surface area contributed by atoms with Crippen LogP contribution in [0.1, 0.15) is 64.9 Å². The van der Waals surface area contributed by atoms with Crippen LogP contribution in [-0.2, 0) is 20.8 Å². The highest BCUT2D eigenvalue weighted by Gasteiger charge is 2.43. The molecule has 2 heterocycles. The smallest absolute Gasteiger partial charge is 0.307 e. The Kier molecular flexibility index (Phi) is 9.13. The van der Waals surface area contributed by atoms with Gasteiger partial charge in [0.1, 0.15) is 11.7 Å². The van der Waals surface area contributed by atoms with Gasteiger partial charge in [0, 0.05) is 25.4 Å². The van der Waals surface area contributed by atoms with Crippen LogP contribution in [0.25, 0.3) is 10.9 Å². The largest absolute Gasteiger partial charge is 0.481 e. The molecule has 0 radical (unpaired) electrons. The van der Waals surface area contributed by atoms with E-state index in [0.29, 0.717) is 18.4 Å². The highest BCUT2D eigenvalue weighted by atomic mass is 16.4. The fraction of sp³-hybridized carbons (Fsp3) is 0.394. The van der Waals surface area contributed by atoms with Gasteiger partial charge in [0.2, 0.25) is 11.8 Å². The molecule has 0 saturated heterocycles. The van der Waals surface area contributed by atoms with Gasteiger partial charge in [-0.25, -0.2) is 4.98 Å². The number of benzene rings is 2. The Bertz CT molecular complexity index is 1480. The van der Waals surface area contributed by atoms with Crippen LogP contribution in [0.4, 0.5) is 0 Å². The second-order valence-electron chi connectivity index (χ2n) is 11.4. The monoisotopic (exact) mass is 584 g/mol. The Morgan fingerprint density at radius 3 is 2.35 bits per heavy atom. The molecule has 1 aliphatic heterocycles. The van der Waals surface area contributed by atoms with Crippen molar-refractivity contribution in [1.82, 2.24) is 20.5 Å². The Balaban J connectivity index is 1.37. The summed E-state index contributed by atoms with van der Waals surface area (Å²) in [4.78, 5) is 71.4. The van der Waals surface area contributed by atoms with Gasteiger partial charge in [0.25, 0.3) is 11.8 Å². The minimum Gasteiger partial charge on any atom is -0.481 e. The number of aromatic nitrogens is 1. The van der Waals surface area contributed by atoms with E-state index in [1.165, 1.54) is 7.05 Å². The van der Waals surface area contributed by atoms with Crippen LogP contribution in [0.5, 0.6) is 0 Å². The molecule has 1 aliphatic carbocycles. The van der Waals surface area contributed by atoms with Gasteiger partial charge in [-0.2, -0.15) is 0 Å². The van der Waals surface area contributed by atoms with Crippen LogP contribution in [0.2, 0.25) is 0 Å². The first-order valence-corrected chi connectivity index (χ1v) is 14.8. The Labute approximate surface area is 249 Å². The number of carbonyl (C=O) groups excluding carboxylic acids is 4. The number of fused-ring (bicyclic) bond motifs is 2. The number of amides is 4. The van der Waals surface area contributed by atoms with Gasteiger partial charge in [-0.3, -0.25) is 28.9 Å². The zero-order valence-corrected chi connectivity index (χ0v) is 24.1. The highest BCUT2D eigenvalue weighted by molar-refractivity contribution is 6.21. The number of carboxylic acids is 1. The molecule has 224 valence electrons. The van der Waals surface area contributed by atoms with Crippen molar-refractivity contribution >= 4 is 40.5 Å². The van der Waals surface area contributed by atoms with Crippen LogP contribution in [0, 0.1) is 17.8 Å². The Hall–Kier alpha value is -4.60. The maximum Gasteiger partial charge on any atom is 0.307 e. The van der Waals surface area contributed by atoms with Gasteiger partial charge in [-0.05, 0) is 42.9 Å². The quantitative estimate of drug-likeness (QED) is 0.292. The molecular formula is C33H36N4O6. The third kappa shape index (κ3) is 6.43. The lowest BCUT2D eigenvalue weighted by atomic mass is 9.72. The van der Waals surface area contributed by atoms with Crippen molar-refractivity contribution in [3.63, 3.8) is 0 Å². The minimum absolute atomic E-state index is 0.0477. The molecule has 1 aromatic heterocycles. The van der Waals surface area contributed by atoms with E-state index < -0.39 is 41.6 Å². The van der Waals surface area contributed by atoms with Gasteiger partial charge >= 0.3 is 5.97 Å². The first kappa shape index (κ1) is 29.9. The molecule has 1 fully saturated rings. The maximum atomic E-state index is 13.9. The molecule has 10 heteroatoms. The molecule has 5 rings (SSSR count). The number of hydrogen-bond donors (Lipinski definition) is 3. The van der Waals surface area contributed by atoms with Crippen LogP contribution in [0.15, 0.2) is 60.7 Å². The average molecular weight is 585 g/mol. The summed E-state index contributed by atoms with van der Waals surface area (Å²) in [6.07, 6.45) is 4.29.